The van der Waals surface area contributed by atoms with Crippen LogP contribution in [0.25, 0.3) is 22.4 Å². The Morgan fingerprint density at radius 2 is 1.97 bits per heavy atom. The van der Waals surface area contributed by atoms with E-state index in [0.717, 1.165) is 30.6 Å². The van der Waals surface area contributed by atoms with E-state index in [1.54, 1.807) is 19.3 Å². The Balaban J connectivity index is 1.77. The summed E-state index contributed by atoms with van der Waals surface area (Å²) < 4.78 is 0. The molecule has 1 fully saturated rings. The maximum atomic E-state index is 12.9. The van der Waals surface area contributed by atoms with Crippen LogP contribution in [0.5, 0.6) is 0 Å². The summed E-state index contributed by atoms with van der Waals surface area (Å²) in [7, 11) is 0. The van der Waals surface area contributed by atoms with Gasteiger partial charge in [0.15, 0.2) is 11.4 Å². The minimum absolute atomic E-state index is 0.0240. The predicted molar refractivity (Wildman–Crippen MR) is 125 cm³/mol. The minimum atomic E-state index is -0.512. The topological polar surface area (TPSA) is 99.8 Å². The average Bonchev–Trinajstić information content (AvgIpc) is 3.42. The lowest BCUT2D eigenvalue weighted by Crippen LogP contribution is -2.49. The molecule has 1 aliphatic rings. The molecule has 2 unspecified atom stereocenters. The van der Waals surface area contributed by atoms with Crippen molar-refractivity contribution in [3.05, 3.63) is 47.8 Å². The molecule has 1 saturated heterocycles. The van der Waals surface area contributed by atoms with Crippen molar-refractivity contribution in [2.24, 2.45) is 11.3 Å². The van der Waals surface area contributed by atoms with Crippen molar-refractivity contribution in [1.29, 1.82) is 0 Å². The van der Waals surface area contributed by atoms with Gasteiger partial charge < -0.3 is 15.6 Å². The van der Waals surface area contributed by atoms with Crippen LogP contribution in [0.4, 0.5) is 0 Å². The number of carbonyl (C=O) groups is 2. The quantitative estimate of drug-likeness (QED) is 0.531. The third-order valence-corrected chi connectivity index (χ3v) is 6.38. The number of hydrogen-bond donors (Lipinski definition) is 3. The molecule has 1 aromatic carbocycles. The number of carbonyl (C=O) groups excluding carboxylic acids is 2. The maximum absolute atomic E-state index is 12.9. The smallest absolute Gasteiger partial charge is 0.217 e. The van der Waals surface area contributed by atoms with Crippen LogP contribution in [0.15, 0.2) is 36.7 Å². The largest absolute Gasteiger partial charge is 0.347 e. The zero-order valence-corrected chi connectivity index (χ0v) is 19.4. The molecule has 1 amide bonds. The van der Waals surface area contributed by atoms with E-state index < -0.39 is 11.0 Å². The lowest BCUT2D eigenvalue weighted by molar-refractivity contribution is -0.121. The Morgan fingerprint density at radius 3 is 2.62 bits per heavy atom. The average molecular weight is 434 g/mol. The second-order valence-corrected chi connectivity index (χ2v) is 9.89. The molecule has 0 saturated carbocycles. The number of H-pyrrole nitrogens is 1. The molecule has 32 heavy (non-hydrogen) atoms. The lowest BCUT2D eigenvalue weighted by atomic mass is 9.78. The van der Waals surface area contributed by atoms with E-state index in [-0.39, 0.29) is 17.6 Å². The number of aromatic amines is 1. The van der Waals surface area contributed by atoms with Crippen LogP contribution < -0.4 is 10.6 Å². The third-order valence-electron chi connectivity index (χ3n) is 6.38. The summed E-state index contributed by atoms with van der Waals surface area (Å²) in [5.41, 5.74) is 3.34. The van der Waals surface area contributed by atoms with Crippen molar-refractivity contribution >= 4 is 22.9 Å². The Bertz CT molecular complexity index is 1170. The van der Waals surface area contributed by atoms with Gasteiger partial charge in [0, 0.05) is 30.6 Å². The van der Waals surface area contributed by atoms with Crippen LogP contribution in [0.1, 0.15) is 57.0 Å². The van der Waals surface area contributed by atoms with Gasteiger partial charge in [0.1, 0.15) is 5.52 Å². The van der Waals surface area contributed by atoms with Crippen LogP contribution in [0.3, 0.4) is 0 Å². The number of amides is 1. The molecule has 168 valence electrons. The van der Waals surface area contributed by atoms with Gasteiger partial charge in [-0.05, 0) is 37.4 Å². The van der Waals surface area contributed by atoms with Gasteiger partial charge in [0.2, 0.25) is 5.91 Å². The zero-order chi connectivity index (χ0) is 23.1. The first-order valence-electron chi connectivity index (χ1n) is 11.1. The maximum Gasteiger partial charge on any atom is 0.217 e. The summed E-state index contributed by atoms with van der Waals surface area (Å²) in [5.74, 6) is 0.260. The number of ketones is 1. The lowest BCUT2D eigenvalue weighted by Gasteiger charge is -2.37. The molecule has 0 spiro atoms. The molecule has 7 heteroatoms. The van der Waals surface area contributed by atoms with E-state index in [1.165, 1.54) is 0 Å². The number of benzene rings is 1. The van der Waals surface area contributed by atoms with Gasteiger partial charge in [-0.25, -0.2) is 9.97 Å². The van der Waals surface area contributed by atoms with E-state index in [2.05, 4.69) is 39.7 Å². The second kappa shape index (κ2) is 8.13. The van der Waals surface area contributed by atoms with Crippen LogP contribution in [-0.2, 0) is 10.3 Å². The summed E-state index contributed by atoms with van der Waals surface area (Å²) in [6, 6.07) is 8.09. The number of hydrogen-bond acceptors (Lipinski definition) is 5. The van der Waals surface area contributed by atoms with Gasteiger partial charge in [0.05, 0.1) is 23.0 Å². The molecule has 3 N–H and O–H groups in total. The van der Waals surface area contributed by atoms with Gasteiger partial charge in [-0.2, -0.15) is 0 Å². The Labute approximate surface area is 188 Å². The molecular formula is C25H31N5O2. The summed E-state index contributed by atoms with van der Waals surface area (Å²) in [6.45, 7) is 11.1. The highest BCUT2D eigenvalue weighted by atomic mass is 16.1. The van der Waals surface area contributed by atoms with Crippen molar-refractivity contribution in [2.75, 3.05) is 13.1 Å². The molecule has 0 bridgehead atoms. The van der Waals surface area contributed by atoms with Crippen LogP contribution >= 0.6 is 0 Å². The second-order valence-electron chi connectivity index (χ2n) is 9.89. The summed E-state index contributed by atoms with van der Waals surface area (Å²) in [4.78, 5) is 37.3. The molecule has 3 aromatic rings. The van der Waals surface area contributed by atoms with Gasteiger partial charge >= 0.3 is 0 Å². The molecule has 7 nitrogen and oxygen atoms in total. The van der Waals surface area contributed by atoms with Gasteiger partial charge in [-0.15, -0.1) is 0 Å². The summed E-state index contributed by atoms with van der Waals surface area (Å²) in [5, 5.41) is 6.60. The fourth-order valence-corrected chi connectivity index (χ4v) is 4.53. The van der Waals surface area contributed by atoms with E-state index in [9.17, 15) is 9.59 Å². The highest BCUT2D eigenvalue weighted by Gasteiger charge is 2.38. The van der Waals surface area contributed by atoms with Crippen LogP contribution in [0, 0.1) is 11.3 Å². The SMILES string of the molecule is CC(=O)NC(C)(c1cccc(-c2cnc3[nH]cc(C(=O)C(C)(C)C)c3n2)c1)C1CCNC1. The van der Waals surface area contributed by atoms with Gasteiger partial charge in [-0.3, -0.25) is 9.59 Å². The summed E-state index contributed by atoms with van der Waals surface area (Å²) >= 11 is 0. The number of Topliss-reactive ketones (excluding diaryl/α,β-unsaturated/α-hetero) is 1. The van der Waals surface area contributed by atoms with Gasteiger partial charge in [0.25, 0.3) is 0 Å². The Hall–Kier alpha value is -3.06. The van der Waals surface area contributed by atoms with E-state index in [0.29, 0.717) is 22.4 Å². The van der Waals surface area contributed by atoms with E-state index in [1.807, 2.05) is 32.9 Å². The molecule has 2 aromatic heterocycles. The molecule has 1 aliphatic heterocycles. The monoisotopic (exact) mass is 433 g/mol. The highest BCUT2D eigenvalue weighted by Crippen LogP contribution is 2.35. The Morgan fingerprint density at radius 1 is 1.19 bits per heavy atom. The summed E-state index contributed by atoms with van der Waals surface area (Å²) in [6.07, 6.45) is 4.41. The van der Waals surface area contributed by atoms with Crippen LogP contribution in [0.2, 0.25) is 0 Å². The third kappa shape index (κ3) is 4.05. The number of rotatable bonds is 5. The first-order valence-corrected chi connectivity index (χ1v) is 11.1. The van der Waals surface area contributed by atoms with Crippen molar-refractivity contribution in [3.63, 3.8) is 0 Å². The van der Waals surface area contributed by atoms with Crippen molar-refractivity contribution in [1.82, 2.24) is 25.6 Å². The van der Waals surface area contributed by atoms with Crippen molar-refractivity contribution < 1.29 is 9.59 Å². The molecule has 4 rings (SSSR count). The molecule has 0 aliphatic carbocycles. The molecule has 3 heterocycles. The number of aromatic nitrogens is 3. The fraction of sp³-hybridized carbons (Fsp3) is 0.440. The number of nitrogens with zero attached hydrogens (tertiary/aromatic N) is 2. The normalized spacial score (nSPS) is 18.5. The fourth-order valence-electron chi connectivity index (χ4n) is 4.53. The number of fused-ring (bicyclic) bond motifs is 1. The first kappa shape index (κ1) is 22.1. The van der Waals surface area contributed by atoms with Crippen molar-refractivity contribution in [2.45, 2.75) is 46.6 Å². The van der Waals surface area contributed by atoms with E-state index in [4.69, 9.17) is 4.98 Å². The highest BCUT2D eigenvalue weighted by molar-refractivity contribution is 6.08. The minimum Gasteiger partial charge on any atom is -0.347 e. The van der Waals surface area contributed by atoms with Gasteiger partial charge in [-0.1, -0.05) is 39.0 Å². The standard InChI is InChI=1S/C25H31N5O2/c1-15(31)30-25(5,18-9-10-26-12-18)17-8-6-7-16(11-17)20-14-28-23-21(29-20)19(13-27-23)22(32)24(2,3)4/h6-8,11,13-14,18,26H,9-10,12H2,1-5H3,(H,27,28)(H,30,31). The molecular weight excluding hydrogens is 402 g/mol. The van der Waals surface area contributed by atoms with Crippen molar-refractivity contribution in [3.8, 4) is 11.3 Å². The first-order chi connectivity index (χ1) is 15.1. The zero-order valence-electron chi connectivity index (χ0n) is 19.4. The Kier molecular flexibility index (Phi) is 5.63. The van der Waals surface area contributed by atoms with E-state index >= 15 is 0 Å². The molecule has 0 radical (unpaired) electrons. The van der Waals surface area contributed by atoms with Crippen LogP contribution in [-0.4, -0.2) is 39.7 Å². The number of nitrogens with one attached hydrogen (secondary N) is 3. The molecule has 2 atom stereocenters. The predicted octanol–water partition coefficient (Wildman–Crippen LogP) is 3.81.